The molecule has 0 unspecified atom stereocenters. The average molecular weight is 260 g/mol. The van der Waals surface area contributed by atoms with Gasteiger partial charge in [-0.1, -0.05) is 0 Å². The van der Waals surface area contributed by atoms with Crippen LogP contribution in [0, 0.1) is 5.92 Å². The van der Waals surface area contributed by atoms with E-state index in [1.54, 1.807) is 6.20 Å². The molecule has 4 nitrogen and oxygen atoms in total. The van der Waals surface area contributed by atoms with E-state index in [9.17, 15) is 0 Å². The van der Waals surface area contributed by atoms with Crippen molar-refractivity contribution in [1.82, 2.24) is 9.78 Å². The van der Waals surface area contributed by atoms with Crippen molar-refractivity contribution in [3.63, 3.8) is 0 Å². The predicted molar refractivity (Wildman–Crippen MR) is 70.6 cm³/mol. The van der Waals surface area contributed by atoms with Crippen molar-refractivity contribution in [3.05, 3.63) is 12.4 Å². The molecule has 1 aliphatic carbocycles. The average Bonchev–Trinajstić information content (AvgIpc) is 2.70. The molecule has 1 fully saturated rings. The third-order valence-corrected chi connectivity index (χ3v) is 3.26. The van der Waals surface area contributed by atoms with Gasteiger partial charge in [0.15, 0.2) is 5.75 Å². The number of ether oxygens (including phenoxy) is 1. The highest BCUT2D eigenvalue weighted by molar-refractivity contribution is 5.85. The van der Waals surface area contributed by atoms with Gasteiger partial charge in [0.05, 0.1) is 19.0 Å². The molecule has 2 N–H and O–H groups in total. The van der Waals surface area contributed by atoms with E-state index in [1.165, 1.54) is 12.8 Å². The molecule has 17 heavy (non-hydrogen) atoms. The van der Waals surface area contributed by atoms with Crippen LogP contribution in [0.1, 0.15) is 32.6 Å². The second-order valence-corrected chi connectivity index (χ2v) is 4.61. The Hall–Kier alpha value is -0.740. The Morgan fingerprint density at radius 3 is 2.76 bits per heavy atom. The summed E-state index contributed by atoms with van der Waals surface area (Å²) >= 11 is 0. The van der Waals surface area contributed by atoms with Gasteiger partial charge in [-0.05, 0) is 38.5 Å². The minimum atomic E-state index is 0. The van der Waals surface area contributed by atoms with Gasteiger partial charge >= 0.3 is 0 Å². The van der Waals surface area contributed by atoms with E-state index >= 15 is 0 Å². The van der Waals surface area contributed by atoms with Gasteiger partial charge in [-0.3, -0.25) is 4.68 Å². The fourth-order valence-corrected chi connectivity index (χ4v) is 2.32. The van der Waals surface area contributed by atoms with Crippen LogP contribution in [0.15, 0.2) is 12.4 Å². The molecule has 1 saturated carbocycles. The number of hydrogen-bond acceptors (Lipinski definition) is 3. The lowest BCUT2D eigenvalue weighted by Gasteiger charge is -2.25. The van der Waals surface area contributed by atoms with Crippen LogP contribution in [-0.4, -0.2) is 22.4 Å². The topological polar surface area (TPSA) is 53.1 Å². The summed E-state index contributed by atoms with van der Waals surface area (Å²) in [6.45, 7) is 3.68. The van der Waals surface area contributed by atoms with Crippen molar-refractivity contribution in [2.75, 3.05) is 6.61 Å². The summed E-state index contributed by atoms with van der Waals surface area (Å²) in [5.41, 5.74) is 5.89. The molecule has 0 aromatic carbocycles. The number of nitrogens with zero attached hydrogens (tertiary/aromatic N) is 2. The summed E-state index contributed by atoms with van der Waals surface area (Å²) in [6, 6.07) is 0.424. The lowest BCUT2D eigenvalue weighted by molar-refractivity contribution is 0.285. The van der Waals surface area contributed by atoms with E-state index in [0.29, 0.717) is 12.6 Å². The van der Waals surface area contributed by atoms with Crippen molar-refractivity contribution in [2.24, 2.45) is 11.7 Å². The maximum absolute atomic E-state index is 5.89. The highest BCUT2D eigenvalue weighted by atomic mass is 35.5. The van der Waals surface area contributed by atoms with Crippen molar-refractivity contribution in [1.29, 1.82) is 0 Å². The first kappa shape index (κ1) is 14.3. The molecular formula is C12H22ClN3O. The molecule has 0 amide bonds. The SMILES string of the molecule is CCOc1cnn(CC2CCC(N)CC2)c1.Cl. The lowest BCUT2D eigenvalue weighted by Crippen LogP contribution is -2.28. The molecule has 0 spiro atoms. The number of aromatic nitrogens is 2. The second kappa shape index (κ2) is 6.87. The highest BCUT2D eigenvalue weighted by Crippen LogP contribution is 2.24. The smallest absolute Gasteiger partial charge is 0.157 e. The molecule has 1 aromatic rings. The van der Waals surface area contributed by atoms with E-state index < -0.39 is 0 Å². The van der Waals surface area contributed by atoms with Crippen LogP contribution in [0.25, 0.3) is 0 Å². The molecule has 1 aromatic heterocycles. The molecule has 0 saturated heterocycles. The van der Waals surface area contributed by atoms with Crippen LogP contribution in [0.4, 0.5) is 0 Å². The first-order valence-corrected chi connectivity index (χ1v) is 6.18. The second-order valence-electron chi connectivity index (χ2n) is 4.61. The first-order valence-electron chi connectivity index (χ1n) is 6.18. The third kappa shape index (κ3) is 4.21. The molecule has 5 heteroatoms. The van der Waals surface area contributed by atoms with Gasteiger partial charge in [-0.2, -0.15) is 5.10 Å². The molecule has 2 rings (SSSR count). The molecule has 1 aliphatic rings. The number of rotatable bonds is 4. The van der Waals surface area contributed by atoms with Crippen molar-refractivity contribution >= 4 is 12.4 Å². The van der Waals surface area contributed by atoms with Gasteiger partial charge in [0.2, 0.25) is 0 Å². The van der Waals surface area contributed by atoms with Gasteiger partial charge in [0.25, 0.3) is 0 Å². The van der Waals surface area contributed by atoms with Crippen molar-refractivity contribution in [2.45, 2.75) is 45.2 Å². The summed E-state index contributed by atoms with van der Waals surface area (Å²) in [5, 5.41) is 4.31. The van der Waals surface area contributed by atoms with E-state index in [-0.39, 0.29) is 12.4 Å². The summed E-state index contributed by atoms with van der Waals surface area (Å²) < 4.78 is 7.38. The molecule has 0 atom stereocenters. The lowest BCUT2D eigenvalue weighted by atomic mass is 9.86. The summed E-state index contributed by atoms with van der Waals surface area (Å²) in [7, 11) is 0. The third-order valence-electron chi connectivity index (χ3n) is 3.26. The molecule has 0 aliphatic heterocycles. The largest absolute Gasteiger partial charge is 0.491 e. The quantitative estimate of drug-likeness (QED) is 0.902. The van der Waals surface area contributed by atoms with Crippen molar-refractivity contribution in [3.8, 4) is 5.75 Å². The van der Waals surface area contributed by atoms with Gasteiger partial charge in [-0.15, -0.1) is 12.4 Å². The summed E-state index contributed by atoms with van der Waals surface area (Å²) in [6.07, 6.45) is 8.54. The van der Waals surface area contributed by atoms with Gasteiger partial charge in [0.1, 0.15) is 0 Å². The Labute approximate surface area is 109 Å². The van der Waals surface area contributed by atoms with Crippen LogP contribution < -0.4 is 10.5 Å². The normalized spacial score (nSPS) is 24.1. The van der Waals surface area contributed by atoms with E-state index in [4.69, 9.17) is 10.5 Å². The monoisotopic (exact) mass is 259 g/mol. The zero-order chi connectivity index (χ0) is 11.4. The Morgan fingerprint density at radius 1 is 1.41 bits per heavy atom. The fraction of sp³-hybridized carbons (Fsp3) is 0.750. The Bertz CT molecular complexity index is 321. The van der Waals surface area contributed by atoms with E-state index in [0.717, 1.165) is 31.1 Å². The molecule has 1 heterocycles. The minimum Gasteiger partial charge on any atom is -0.491 e. The first-order chi connectivity index (χ1) is 7.78. The fourth-order valence-electron chi connectivity index (χ4n) is 2.32. The maximum atomic E-state index is 5.89. The predicted octanol–water partition coefficient (Wildman–Crippen LogP) is 2.22. The van der Waals surface area contributed by atoms with Crippen molar-refractivity contribution < 1.29 is 4.74 Å². The Kier molecular flexibility index (Phi) is 5.78. The number of halogens is 1. The Balaban J connectivity index is 0.00000144. The summed E-state index contributed by atoms with van der Waals surface area (Å²) in [5.74, 6) is 1.60. The van der Waals surface area contributed by atoms with E-state index in [2.05, 4.69) is 5.10 Å². The molecule has 0 radical (unpaired) electrons. The Morgan fingerprint density at radius 2 is 2.12 bits per heavy atom. The van der Waals surface area contributed by atoms with Crippen LogP contribution in [0.3, 0.4) is 0 Å². The molecule has 0 bridgehead atoms. The standard InChI is InChI=1S/C12H21N3O.ClH/c1-2-16-12-7-14-15(9-12)8-10-3-5-11(13)6-4-10;/h7,9-11H,2-6,8,13H2,1H3;1H. The maximum Gasteiger partial charge on any atom is 0.157 e. The van der Waals surface area contributed by atoms with Crippen LogP contribution in [-0.2, 0) is 6.54 Å². The zero-order valence-corrected chi connectivity index (χ0v) is 11.2. The zero-order valence-electron chi connectivity index (χ0n) is 10.3. The van der Waals surface area contributed by atoms with Gasteiger partial charge in [-0.25, -0.2) is 0 Å². The van der Waals surface area contributed by atoms with E-state index in [1.807, 2.05) is 17.8 Å². The number of hydrogen-bond donors (Lipinski definition) is 1. The molecular weight excluding hydrogens is 238 g/mol. The molecule has 98 valence electrons. The van der Waals surface area contributed by atoms with Crippen LogP contribution in [0.5, 0.6) is 5.75 Å². The minimum absolute atomic E-state index is 0. The van der Waals surface area contributed by atoms with Gasteiger partial charge in [0, 0.05) is 12.6 Å². The van der Waals surface area contributed by atoms with Gasteiger partial charge < -0.3 is 10.5 Å². The van der Waals surface area contributed by atoms with Crippen LogP contribution >= 0.6 is 12.4 Å². The highest BCUT2D eigenvalue weighted by Gasteiger charge is 2.19. The number of nitrogens with two attached hydrogens (primary N) is 1. The summed E-state index contributed by atoms with van der Waals surface area (Å²) in [4.78, 5) is 0. The van der Waals surface area contributed by atoms with Crippen LogP contribution in [0.2, 0.25) is 0 Å².